The third kappa shape index (κ3) is 3.02. The van der Waals surface area contributed by atoms with Gasteiger partial charge in [-0.1, -0.05) is 12.8 Å². The van der Waals surface area contributed by atoms with Gasteiger partial charge in [0.25, 0.3) is 5.91 Å². The van der Waals surface area contributed by atoms with Gasteiger partial charge in [-0.25, -0.2) is 4.79 Å². The molecule has 4 amide bonds. The van der Waals surface area contributed by atoms with Gasteiger partial charge in [0, 0.05) is 21.2 Å². The molecule has 1 saturated heterocycles. The van der Waals surface area contributed by atoms with Crippen LogP contribution in [0.15, 0.2) is 0 Å². The largest absolute Gasteiger partial charge is 0.382 e. The van der Waals surface area contributed by atoms with Crippen LogP contribution in [0.25, 0.3) is 0 Å². The number of carbonyl (C=O) groups is 3. The van der Waals surface area contributed by atoms with Crippen molar-refractivity contribution in [1.29, 1.82) is 0 Å². The SMILES string of the molecule is COCC1(NC(=O)C[C@@H]2C(=O)N(C)C(=O)N2C)CCCC1. The van der Waals surface area contributed by atoms with E-state index in [2.05, 4.69) is 5.32 Å². The van der Waals surface area contributed by atoms with Crippen LogP contribution in [-0.2, 0) is 14.3 Å². The number of rotatable bonds is 5. The summed E-state index contributed by atoms with van der Waals surface area (Å²) in [5.41, 5.74) is -0.317. The number of methoxy groups -OCH3 is 1. The number of hydrogen-bond donors (Lipinski definition) is 1. The Balaban J connectivity index is 1.98. The molecule has 0 spiro atoms. The second-order valence-corrected chi connectivity index (χ2v) is 5.98. The highest BCUT2D eigenvalue weighted by atomic mass is 16.5. The number of imide groups is 1. The molecule has 1 heterocycles. The Morgan fingerprint density at radius 1 is 1.33 bits per heavy atom. The quantitative estimate of drug-likeness (QED) is 0.742. The molecule has 0 aromatic rings. The van der Waals surface area contributed by atoms with Gasteiger partial charge in [-0.05, 0) is 12.8 Å². The zero-order chi connectivity index (χ0) is 15.6. The van der Waals surface area contributed by atoms with Crippen molar-refractivity contribution in [2.24, 2.45) is 0 Å². The number of hydrogen-bond acceptors (Lipinski definition) is 4. The molecule has 1 aliphatic heterocycles. The van der Waals surface area contributed by atoms with Gasteiger partial charge >= 0.3 is 6.03 Å². The molecule has 7 heteroatoms. The molecule has 2 fully saturated rings. The van der Waals surface area contributed by atoms with E-state index >= 15 is 0 Å². The van der Waals surface area contributed by atoms with Crippen LogP contribution in [0.5, 0.6) is 0 Å². The lowest BCUT2D eigenvalue weighted by atomic mass is 9.98. The van der Waals surface area contributed by atoms with Gasteiger partial charge in [0.1, 0.15) is 6.04 Å². The van der Waals surface area contributed by atoms with Gasteiger partial charge in [0.15, 0.2) is 0 Å². The van der Waals surface area contributed by atoms with Crippen molar-refractivity contribution in [3.05, 3.63) is 0 Å². The molecule has 2 rings (SSSR count). The molecule has 0 aromatic heterocycles. The van der Waals surface area contributed by atoms with Crippen LogP contribution in [-0.4, -0.2) is 67.0 Å². The molecule has 1 N–H and O–H groups in total. The van der Waals surface area contributed by atoms with E-state index < -0.39 is 6.04 Å². The van der Waals surface area contributed by atoms with Gasteiger partial charge < -0.3 is 15.0 Å². The summed E-state index contributed by atoms with van der Waals surface area (Å²) < 4.78 is 5.22. The maximum absolute atomic E-state index is 12.3. The smallest absolute Gasteiger partial charge is 0.326 e. The highest BCUT2D eigenvalue weighted by molar-refractivity contribution is 6.05. The summed E-state index contributed by atoms with van der Waals surface area (Å²) in [6, 6.07) is -1.08. The summed E-state index contributed by atoms with van der Waals surface area (Å²) in [5, 5.41) is 3.02. The topological polar surface area (TPSA) is 79.0 Å². The summed E-state index contributed by atoms with van der Waals surface area (Å²) >= 11 is 0. The maximum Gasteiger partial charge on any atom is 0.326 e. The minimum absolute atomic E-state index is 0.00310. The van der Waals surface area contributed by atoms with E-state index in [4.69, 9.17) is 4.74 Å². The average molecular weight is 297 g/mol. The van der Waals surface area contributed by atoms with E-state index in [9.17, 15) is 14.4 Å². The lowest BCUT2D eigenvalue weighted by Gasteiger charge is -2.30. The van der Waals surface area contributed by atoms with Crippen molar-refractivity contribution >= 4 is 17.8 Å². The Hall–Kier alpha value is -1.63. The number of ether oxygens (including phenoxy) is 1. The Bertz CT molecular complexity index is 446. The fourth-order valence-electron chi connectivity index (χ4n) is 3.23. The van der Waals surface area contributed by atoms with Crippen molar-refractivity contribution in [3.63, 3.8) is 0 Å². The molecule has 1 saturated carbocycles. The Morgan fingerprint density at radius 2 is 1.95 bits per heavy atom. The van der Waals surface area contributed by atoms with Crippen LogP contribution in [0, 0.1) is 0 Å². The monoisotopic (exact) mass is 297 g/mol. The minimum Gasteiger partial charge on any atom is -0.382 e. The first-order chi connectivity index (χ1) is 9.90. The lowest BCUT2D eigenvalue weighted by Crippen LogP contribution is -2.51. The summed E-state index contributed by atoms with van der Waals surface area (Å²) in [7, 11) is 4.60. The molecule has 118 valence electrons. The summed E-state index contributed by atoms with van der Waals surface area (Å²) in [6.45, 7) is 0.478. The molecular formula is C14H23N3O4. The zero-order valence-corrected chi connectivity index (χ0v) is 12.8. The third-order valence-electron chi connectivity index (χ3n) is 4.44. The van der Waals surface area contributed by atoms with Gasteiger partial charge in [-0.3, -0.25) is 14.5 Å². The second-order valence-electron chi connectivity index (χ2n) is 5.98. The van der Waals surface area contributed by atoms with Gasteiger partial charge in [-0.2, -0.15) is 0 Å². The summed E-state index contributed by atoms with van der Waals surface area (Å²) in [4.78, 5) is 38.3. The van der Waals surface area contributed by atoms with Gasteiger partial charge in [-0.15, -0.1) is 0 Å². The van der Waals surface area contributed by atoms with Crippen molar-refractivity contribution in [3.8, 4) is 0 Å². The van der Waals surface area contributed by atoms with E-state index in [1.165, 1.54) is 11.9 Å². The van der Waals surface area contributed by atoms with Crippen LogP contribution in [0.4, 0.5) is 4.79 Å². The number of urea groups is 1. The molecule has 0 radical (unpaired) electrons. The predicted octanol–water partition coefficient (Wildman–Crippen LogP) is 0.344. The Kier molecular flexibility index (Phi) is 4.51. The summed E-state index contributed by atoms with van der Waals surface area (Å²) in [5.74, 6) is -0.535. The standard InChI is InChI=1S/C14H23N3O4/c1-16-10(12(19)17(2)13(16)20)8-11(18)15-14(9-21-3)6-4-5-7-14/h10H,4-9H2,1-3H3,(H,15,18)/t10-/m1/s1. The van der Waals surface area contributed by atoms with Gasteiger partial charge in [0.05, 0.1) is 18.6 Å². The first-order valence-electron chi connectivity index (χ1n) is 7.24. The molecule has 0 bridgehead atoms. The van der Waals surface area contributed by atoms with E-state index in [-0.39, 0.29) is 29.8 Å². The second kappa shape index (κ2) is 6.01. The van der Waals surface area contributed by atoms with E-state index in [0.717, 1.165) is 30.6 Å². The molecule has 1 aliphatic carbocycles. The molecule has 1 atom stereocenters. The van der Waals surface area contributed by atoms with E-state index in [1.54, 1.807) is 14.2 Å². The molecule has 0 unspecified atom stereocenters. The normalized spacial score (nSPS) is 24.8. The Morgan fingerprint density at radius 3 is 2.43 bits per heavy atom. The van der Waals surface area contributed by atoms with Crippen molar-refractivity contribution in [2.45, 2.75) is 43.7 Å². The van der Waals surface area contributed by atoms with Crippen LogP contribution >= 0.6 is 0 Å². The number of nitrogens with one attached hydrogen (secondary N) is 1. The zero-order valence-electron chi connectivity index (χ0n) is 12.8. The average Bonchev–Trinajstić information content (AvgIpc) is 2.95. The molecule has 2 aliphatic rings. The predicted molar refractivity (Wildman–Crippen MR) is 75.6 cm³/mol. The van der Waals surface area contributed by atoms with Crippen molar-refractivity contribution in [2.75, 3.05) is 27.8 Å². The van der Waals surface area contributed by atoms with Crippen molar-refractivity contribution in [1.82, 2.24) is 15.1 Å². The Labute approximate surface area is 124 Å². The van der Waals surface area contributed by atoms with Gasteiger partial charge in [0.2, 0.25) is 5.91 Å². The summed E-state index contributed by atoms with van der Waals surface area (Å²) in [6.07, 6.45) is 3.90. The highest BCUT2D eigenvalue weighted by Crippen LogP contribution is 2.30. The highest BCUT2D eigenvalue weighted by Gasteiger charge is 2.43. The maximum atomic E-state index is 12.3. The van der Waals surface area contributed by atoms with Crippen molar-refractivity contribution < 1.29 is 19.1 Å². The van der Waals surface area contributed by atoms with E-state index in [0.29, 0.717) is 6.61 Å². The fourth-order valence-corrected chi connectivity index (χ4v) is 3.23. The molecule has 0 aromatic carbocycles. The van der Waals surface area contributed by atoms with E-state index in [1.807, 2.05) is 0 Å². The fraction of sp³-hybridized carbons (Fsp3) is 0.786. The third-order valence-corrected chi connectivity index (χ3v) is 4.44. The molecule has 21 heavy (non-hydrogen) atoms. The number of nitrogens with zero attached hydrogens (tertiary/aromatic N) is 2. The number of carbonyl (C=O) groups excluding carboxylic acids is 3. The van der Waals surface area contributed by atoms with Crippen LogP contribution < -0.4 is 5.32 Å². The number of likely N-dealkylation sites (N-methyl/N-ethyl adjacent to an activating group) is 2. The minimum atomic E-state index is -0.705. The first-order valence-corrected chi connectivity index (χ1v) is 7.24. The first kappa shape index (κ1) is 15.8. The lowest BCUT2D eigenvalue weighted by molar-refractivity contribution is -0.132. The van der Waals surface area contributed by atoms with Crippen LogP contribution in [0.3, 0.4) is 0 Å². The van der Waals surface area contributed by atoms with Crippen LogP contribution in [0.1, 0.15) is 32.1 Å². The van der Waals surface area contributed by atoms with Crippen LogP contribution in [0.2, 0.25) is 0 Å². The molecule has 7 nitrogen and oxygen atoms in total. The number of amides is 4. The molecular weight excluding hydrogens is 274 g/mol.